The van der Waals surface area contributed by atoms with Crippen LogP contribution in [0.3, 0.4) is 0 Å². The lowest BCUT2D eigenvalue weighted by Gasteiger charge is -2.30. The minimum atomic E-state index is -0.700. The molecule has 1 aliphatic rings. The van der Waals surface area contributed by atoms with E-state index in [1.807, 2.05) is 18.2 Å². The van der Waals surface area contributed by atoms with Crippen molar-refractivity contribution in [1.29, 1.82) is 0 Å². The van der Waals surface area contributed by atoms with E-state index in [0.29, 0.717) is 11.5 Å². The van der Waals surface area contributed by atoms with E-state index >= 15 is 0 Å². The van der Waals surface area contributed by atoms with Gasteiger partial charge in [0.25, 0.3) is 0 Å². The summed E-state index contributed by atoms with van der Waals surface area (Å²) in [7, 11) is 0. The monoisotopic (exact) mass is 166 g/mol. The van der Waals surface area contributed by atoms with E-state index in [1.54, 1.807) is 19.9 Å². The highest BCUT2D eigenvalue weighted by molar-refractivity contribution is 5.39. The molecule has 0 aromatic heterocycles. The van der Waals surface area contributed by atoms with Crippen LogP contribution in [0.4, 0.5) is 0 Å². The van der Waals surface area contributed by atoms with Crippen molar-refractivity contribution in [2.24, 2.45) is 0 Å². The summed E-state index contributed by atoms with van der Waals surface area (Å²) in [6.07, 6.45) is 0. The summed E-state index contributed by atoms with van der Waals surface area (Å²) in [5.41, 5.74) is 0. The minimum Gasteiger partial charge on any atom is -0.455 e. The Morgan fingerprint density at radius 2 is 1.75 bits per heavy atom. The third-order valence-corrected chi connectivity index (χ3v) is 1.54. The maximum absolute atomic E-state index is 5.47. The highest BCUT2D eigenvalue weighted by Crippen LogP contribution is 2.34. The fourth-order valence-electron chi connectivity index (χ4n) is 1.03. The lowest BCUT2D eigenvalue weighted by molar-refractivity contribution is -0.358. The lowest BCUT2D eigenvalue weighted by Crippen LogP contribution is -2.36. The summed E-state index contributed by atoms with van der Waals surface area (Å²) in [5, 5.41) is 0. The van der Waals surface area contributed by atoms with Crippen LogP contribution in [0, 0.1) is 0 Å². The Bertz CT molecular complexity index is 294. The zero-order valence-corrected chi connectivity index (χ0v) is 7.03. The largest absolute Gasteiger partial charge is 0.455 e. The first-order valence-corrected chi connectivity index (χ1v) is 3.81. The van der Waals surface area contributed by atoms with Crippen molar-refractivity contribution >= 4 is 0 Å². The first kappa shape index (κ1) is 7.43. The molecular weight excluding hydrogens is 156 g/mol. The van der Waals surface area contributed by atoms with Crippen LogP contribution in [-0.4, -0.2) is 5.79 Å². The van der Waals surface area contributed by atoms with Crippen molar-refractivity contribution < 1.29 is 14.5 Å². The van der Waals surface area contributed by atoms with Gasteiger partial charge in [-0.1, -0.05) is 12.1 Å². The Balaban J connectivity index is 2.35. The van der Waals surface area contributed by atoms with Crippen molar-refractivity contribution in [3.63, 3.8) is 0 Å². The molecule has 1 aromatic carbocycles. The molecule has 0 saturated heterocycles. The molecule has 1 heterocycles. The van der Waals surface area contributed by atoms with Gasteiger partial charge in [-0.15, -0.1) is 4.89 Å². The van der Waals surface area contributed by atoms with Gasteiger partial charge in [-0.2, -0.15) is 0 Å². The first-order chi connectivity index (χ1) is 5.67. The van der Waals surface area contributed by atoms with Crippen LogP contribution in [0.15, 0.2) is 24.3 Å². The summed E-state index contributed by atoms with van der Waals surface area (Å²) in [6.45, 7) is 3.59. The quantitative estimate of drug-likeness (QED) is 0.552. The standard InChI is InChI=1S/C9H10O3/c1-9(2)10-7-5-3-4-6-8(7)11-12-9/h3-6H,1-2H3. The van der Waals surface area contributed by atoms with Gasteiger partial charge in [-0.25, -0.2) is 0 Å². The zero-order chi connectivity index (χ0) is 8.60. The highest BCUT2D eigenvalue weighted by Gasteiger charge is 2.29. The van der Waals surface area contributed by atoms with E-state index < -0.39 is 5.79 Å². The van der Waals surface area contributed by atoms with Gasteiger partial charge in [-0.05, 0) is 12.1 Å². The van der Waals surface area contributed by atoms with Crippen LogP contribution in [0.1, 0.15) is 13.8 Å². The molecule has 0 aliphatic carbocycles. The molecule has 12 heavy (non-hydrogen) atoms. The first-order valence-electron chi connectivity index (χ1n) is 3.81. The number of benzene rings is 1. The SMILES string of the molecule is CC1(C)OOc2ccccc2O1. The Morgan fingerprint density at radius 3 is 2.50 bits per heavy atom. The Morgan fingerprint density at radius 1 is 1.08 bits per heavy atom. The lowest BCUT2D eigenvalue weighted by atomic mass is 10.3. The van der Waals surface area contributed by atoms with Crippen molar-refractivity contribution in [2.75, 3.05) is 0 Å². The third kappa shape index (κ3) is 1.23. The van der Waals surface area contributed by atoms with Crippen molar-refractivity contribution in [1.82, 2.24) is 0 Å². The molecule has 3 heteroatoms. The maximum Gasteiger partial charge on any atom is 0.247 e. The van der Waals surface area contributed by atoms with Gasteiger partial charge < -0.3 is 9.62 Å². The Labute approximate surface area is 70.8 Å². The van der Waals surface area contributed by atoms with Crippen molar-refractivity contribution in [3.8, 4) is 11.5 Å². The number of rotatable bonds is 0. The second-order valence-electron chi connectivity index (χ2n) is 3.12. The second kappa shape index (κ2) is 2.38. The molecule has 1 aromatic rings. The van der Waals surface area contributed by atoms with Crippen LogP contribution in [-0.2, 0) is 4.89 Å². The average Bonchev–Trinajstić information content (AvgIpc) is 2.02. The fraction of sp³-hybridized carbons (Fsp3) is 0.333. The fourth-order valence-corrected chi connectivity index (χ4v) is 1.03. The molecule has 0 amide bonds. The molecule has 64 valence electrons. The molecule has 0 radical (unpaired) electrons. The van der Waals surface area contributed by atoms with Gasteiger partial charge >= 0.3 is 0 Å². The van der Waals surface area contributed by atoms with Crippen molar-refractivity contribution in [2.45, 2.75) is 19.6 Å². The molecule has 3 nitrogen and oxygen atoms in total. The second-order valence-corrected chi connectivity index (χ2v) is 3.12. The van der Waals surface area contributed by atoms with Gasteiger partial charge in [0.1, 0.15) is 0 Å². The van der Waals surface area contributed by atoms with Gasteiger partial charge in [0, 0.05) is 13.8 Å². The van der Waals surface area contributed by atoms with Crippen LogP contribution >= 0.6 is 0 Å². The summed E-state index contributed by atoms with van der Waals surface area (Å²) < 4.78 is 5.47. The average molecular weight is 166 g/mol. The Hall–Kier alpha value is -1.22. The van der Waals surface area contributed by atoms with Crippen LogP contribution < -0.4 is 9.62 Å². The van der Waals surface area contributed by atoms with Crippen LogP contribution in [0.2, 0.25) is 0 Å². The molecule has 0 fully saturated rings. The molecule has 0 atom stereocenters. The summed E-state index contributed by atoms with van der Waals surface area (Å²) >= 11 is 0. The van der Waals surface area contributed by atoms with Crippen LogP contribution in [0.25, 0.3) is 0 Å². The third-order valence-electron chi connectivity index (χ3n) is 1.54. The van der Waals surface area contributed by atoms with E-state index in [4.69, 9.17) is 14.5 Å². The smallest absolute Gasteiger partial charge is 0.247 e. The van der Waals surface area contributed by atoms with E-state index in [9.17, 15) is 0 Å². The summed E-state index contributed by atoms with van der Waals surface area (Å²) in [5.74, 6) is 0.638. The number of para-hydroxylation sites is 2. The summed E-state index contributed by atoms with van der Waals surface area (Å²) in [4.78, 5) is 9.98. The van der Waals surface area contributed by atoms with E-state index in [1.165, 1.54) is 0 Å². The maximum atomic E-state index is 5.47. The molecule has 0 saturated carbocycles. The molecule has 0 bridgehead atoms. The predicted molar refractivity (Wildman–Crippen MR) is 42.9 cm³/mol. The molecule has 0 spiro atoms. The number of hydrogen-bond acceptors (Lipinski definition) is 3. The number of ether oxygens (including phenoxy) is 1. The highest BCUT2D eigenvalue weighted by atomic mass is 17.2. The van der Waals surface area contributed by atoms with E-state index in [-0.39, 0.29) is 0 Å². The normalized spacial score (nSPS) is 18.8. The van der Waals surface area contributed by atoms with E-state index in [0.717, 1.165) is 0 Å². The number of hydrogen-bond donors (Lipinski definition) is 0. The minimum absolute atomic E-state index is 0.622. The molecular formula is C9H10O3. The molecule has 0 unspecified atom stereocenters. The zero-order valence-electron chi connectivity index (χ0n) is 7.03. The molecule has 1 aliphatic heterocycles. The molecule has 0 N–H and O–H groups in total. The van der Waals surface area contributed by atoms with Crippen LogP contribution in [0.5, 0.6) is 11.5 Å². The van der Waals surface area contributed by atoms with Gasteiger partial charge in [-0.3, -0.25) is 0 Å². The van der Waals surface area contributed by atoms with E-state index in [2.05, 4.69) is 0 Å². The van der Waals surface area contributed by atoms with Crippen molar-refractivity contribution in [3.05, 3.63) is 24.3 Å². The predicted octanol–water partition coefficient (Wildman–Crippen LogP) is 2.13. The number of fused-ring (bicyclic) bond motifs is 1. The Kier molecular flexibility index (Phi) is 1.48. The van der Waals surface area contributed by atoms with Gasteiger partial charge in [0.2, 0.25) is 11.5 Å². The summed E-state index contributed by atoms with van der Waals surface area (Å²) in [6, 6.07) is 7.40. The topological polar surface area (TPSA) is 27.7 Å². The van der Waals surface area contributed by atoms with Gasteiger partial charge in [0.05, 0.1) is 0 Å². The van der Waals surface area contributed by atoms with Gasteiger partial charge in [0.15, 0.2) is 5.75 Å². The molecule has 2 rings (SSSR count).